The molecule has 1 aromatic carbocycles. The van der Waals surface area contributed by atoms with E-state index in [1.807, 2.05) is 18.2 Å². The van der Waals surface area contributed by atoms with E-state index in [2.05, 4.69) is 17.6 Å². The molecule has 13 heavy (non-hydrogen) atoms. The minimum absolute atomic E-state index is 0.301. The molecule has 1 aliphatic heterocycles. The Morgan fingerprint density at radius 2 is 2.15 bits per heavy atom. The monoisotopic (exact) mass is 174 g/mol. The minimum atomic E-state index is 0.301. The molecule has 0 radical (unpaired) electrons. The summed E-state index contributed by atoms with van der Waals surface area (Å²) >= 11 is 0. The average Bonchev–Trinajstić information content (AvgIpc) is 2.65. The van der Waals surface area contributed by atoms with Crippen LogP contribution in [0.25, 0.3) is 11.0 Å². The summed E-state index contributed by atoms with van der Waals surface area (Å²) < 4.78 is 5.31. The quantitative estimate of drug-likeness (QED) is 0.644. The Hall–Kier alpha value is -1.64. The smallest absolute Gasteiger partial charge is 0.136 e. The molecule has 2 aromatic rings. The van der Waals surface area contributed by atoms with Crippen LogP contribution in [0.4, 0.5) is 11.4 Å². The van der Waals surface area contributed by atoms with Gasteiger partial charge in [-0.25, -0.2) is 0 Å². The molecule has 3 rings (SSSR count). The van der Waals surface area contributed by atoms with Crippen molar-refractivity contribution in [3.63, 3.8) is 0 Å². The van der Waals surface area contributed by atoms with Crippen molar-refractivity contribution in [1.29, 1.82) is 0 Å². The van der Waals surface area contributed by atoms with Crippen molar-refractivity contribution in [2.75, 3.05) is 10.6 Å². The second-order valence-electron chi connectivity index (χ2n) is 3.33. The van der Waals surface area contributed by atoms with Crippen molar-refractivity contribution >= 4 is 22.3 Å². The molecule has 1 unspecified atom stereocenters. The molecule has 0 fully saturated rings. The van der Waals surface area contributed by atoms with Gasteiger partial charge in [0.15, 0.2) is 0 Å². The van der Waals surface area contributed by atoms with Crippen LogP contribution < -0.4 is 10.6 Å². The predicted molar refractivity (Wildman–Crippen MR) is 52.9 cm³/mol. The van der Waals surface area contributed by atoms with Crippen molar-refractivity contribution in [1.82, 2.24) is 0 Å². The molecule has 0 saturated heterocycles. The molecular formula is C10H10N2O. The van der Waals surface area contributed by atoms with Crippen LogP contribution in [0.2, 0.25) is 0 Å². The fourth-order valence-corrected chi connectivity index (χ4v) is 1.81. The number of furan rings is 1. The summed E-state index contributed by atoms with van der Waals surface area (Å²) in [5, 5.41) is 7.83. The van der Waals surface area contributed by atoms with Crippen LogP contribution in [0.5, 0.6) is 0 Å². The van der Waals surface area contributed by atoms with Crippen LogP contribution in [0.1, 0.15) is 6.92 Å². The van der Waals surface area contributed by atoms with Gasteiger partial charge in [0.1, 0.15) is 5.58 Å². The van der Waals surface area contributed by atoms with Crippen molar-refractivity contribution < 1.29 is 4.42 Å². The first-order chi connectivity index (χ1) is 6.34. The maximum absolute atomic E-state index is 5.31. The van der Waals surface area contributed by atoms with Gasteiger partial charge in [-0.1, -0.05) is 0 Å². The third-order valence-corrected chi connectivity index (χ3v) is 2.37. The summed E-state index contributed by atoms with van der Waals surface area (Å²) in [7, 11) is 0. The van der Waals surface area contributed by atoms with Gasteiger partial charge in [-0.3, -0.25) is 0 Å². The van der Waals surface area contributed by atoms with Gasteiger partial charge in [-0.15, -0.1) is 0 Å². The van der Waals surface area contributed by atoms with Crippen LogP contribution in [0.3, 0.4) is 0 Å². The zero-order valence-corrected chi connectivity index (χ0v) is 7.29. The Labute approximate surface area is 75.7 Å². The van der Waals surface area contributed by atoms with Gasteiger partial charge >= 0.3 is 0 Å². The second-order valence-corrected chi connectivity index (χ2v) is 3.33. The molecule has 0 amide bonds. The molecule has 2 N–H and O–H groups in total. The lowest BCUT2D eigenvalue weighted by atomic mass is 10.2. The van der Waals surface area contributed by atoms with Gasteiger partial charge in [-0.2, -0.15) is 0 Å². The molecule has 0 bridgehead atoms. The normalized spacial score (nSPS) is 19.6. The number of benzene rings is 1. The molecule has 66 valence electrons. The third-order valence-electron chi connectivity index (χ3n) is 2.37. The first-order valence-corrected chi connectivity index (χ1v) is 4.38. The van der Waals surface area contributed by atoms with Crippen molar-refractivity contribution in [3.8, 4) is 0 Å². The highest BCUT2D eigenvalue weighted by atomic mass is 16.3. The minimum Gasteiger partial charge on any atom is -0.464 e. The maximum Gasteiger partial charge on any atom is 0.136 e. The lowest BCUT2D eigenvalue weighted by Crippen LogP contribution is -2.16. The van der Waals surface area contributed by atoms with Gasteiger partial charge in [0.25, 0.3) is 0 Å². The summed E-state index contributed by atoms with van der Waals surface area (Å²) in [5.74, 6) is 0. The van der Waals surface area contributed by atoms with Gasteiger partial charge in [-0.05, 0) is 25.1 Å². The van der Waals surface area contributed by atoms with E-state index in [-0.39, 0.29) is 0 Å². The molecule has 1 atom stereocenters. The van der Waals surface area contributed by atoms with E-state index in [0.717, 1.165) is 22.3 Å². The second kappa shape index (κ2) is 2.19. The molecule has 3 heteroatoms. The molecule has 1 aliphatic rings. The fourth-order valence-electron chi connectivity index (χ4n) is 1.81. The van der Waals surface area contributed by atoms with Crippen LogP contribution in [0.15, 0.2) is 28.9 Å². The van der Waals surface area contributed by atoms with E-state index < -0.39 is 0 Å². The topological polar surface area (TPSA) is 37.2 Å². The summed E-state index contributed by atoms with van der Waals surface area (Å²) in [6.07, 6.45) is 2.02. The highest BCUT2D eigenvalue weighted by molar-refractivity contribution is 5.99. The van der Waals surface area contributed by atoms with E-state index in [1.165, 1.54) is 0 Å². The van der Waals surface area contributed by atoms with Crippen molar-refractivity contribution in [3.05, 3.63) is 24.5 Å². The summed E-state index contributed by atoms with van der Waals surface area (Å²) in [6.45, 7) is 2.09. The largest absolute Gasteiger partial charge is 0.464 e. The van der Waals surface area contributed by atoms with Crippen LogP contribution in [-0.2, 0) is 0 Å². The zero-order valence-electron chi connectivity index (χ0n) is 7.29. The summed E-state index contributed by atoms with van der Waals surface area (Å²) in [6, 6.07) is 6.01. The van der Waals surface area contributed by atoms with Crippen LogP contribution in [-0.4, -0.2) is 6.17 Å². The molecule has 2 heterocycles. The molecule has 3 nitrogen and oxygen atoms in total. The third kappa shape index (κ3) is 0.840. The SMILES string of the molecule is CC1Nc2ccc3occc3c2N1. The van der Waals surface area contributed by atoms with Crippen LogP contribution in [0, 0.1) is 0 Å². The van der Waals surface area contributed by atoms with E-state index in [0.29, 0.717) is 6.17 Å². The number of hydrogen-bond acceptors (Lipinski definition) is 3. The number of fused-ring (bicyclic) bond motifs is 3. The Morgan fingerprint density at radius 1 is 1.23 bits per heavy atom. The summed E-state index contributed by atoms with van der Waals surface area (Å²) in [5.41, 5.74) is 3.24. The van der Waals surface area contributed by atoms with E-state index in [9.17, 15) is 0 Å². The van der Waals surface area contributed by atoms with Gasteiger partial charge in [0.2, 0.25) is 0 Å². The molecular weight excluding hydrogens is 164 g/mol. The van der Waals surface area contributed by atoms with E-state index >= 15 is 0 Å². The summed E-state index contributed by atoms with van der Waals surface area (Å²) in [4.78, 5) is 0. The Morgan fingerprint density at radius 3 is 3.08 bits per heavy atom. The lowest BCUT2D eigenvalue weighted by Gasteiger charge is -2.02. The standard InChI is InChI=1S/C10H10N2O/c1-6-11-8-2-3-9-7(4-5-13-9)10(8)12-6/h2-6,11-12H,1H3. The first-order valence-electron chi connectivity index (χ1n) is 4.38. The molecule has 1 aromatic heterocycles. The van der Waals surface area contributed by atoms with Gasteiger partial charge in [0.05, 0.1) is 23.8 Å². The van der Waals surface area contributed by atoms with Crippen molar-refractivity contribution in [2.24, 2.45) is 0 Å². The Bertz CT molecular complexity index is 461. The highest BCUT2D eigenvalue weighted by Gasteiger charge is 2.18. The molecule has 0 aliphatic carbocycles. The highest BCUT2D eigenvalue weighted by Crippen LogP contribution is 2.36. The predicted octanol–water partition coefficient (Wildman–Crippen LogP) is 2.62. The number of hydrogen-bond donors (Lipinski definition) is 2. The van der Waals surface area contributed by atoms with Crippen molar-refractivity contribution in [2.45, 2.75) is 13.1 Å². The van der Waals surface area contributed by atoms with E-state index in [4.69, 9.17) is 4.42 Å². The Balaban J connectivity index is 2.34. The maximum atomic E-state index is 5.31. The number of nitrogens with one attached hydrogen (secondary N) is 2. The van der Waals surface area contributed by atoms with E-state index in [1.54, 1.807) is 6.26 Å². The number of rotatable bonds is 0. The van der Waals surface area contributed by atoms with Gasteiger partial charge < -0.3 is 15.1 Å². The average molecular weight is 174 g/mol. The fraction of sp³-hybridized carbons (Fsp3) is 0.200. The molecule has 0 spiro atoms. The first kappa shape index (κ1) is 6.83. The van der Waals surface area contributed by atoms with Gasteiger partial charge in [0, 0.05) is 5.39 Å². The zero-order chi connectivity index (χ0) is 8.84. The van der Waals surface area contributed by atoms with Crippen LogP contribution >= 0.6 is 0 Å². The lowest BCUT2D eigenvalue weighted by molar-refractivity contribution is 0.616. The Kier molecular flexibility index (Phi) is 1.15. The number of anilines is 2. The molecule has 0 saturated carbocycles.